The summed E-state index contributed by atoms with van der Waals surface area (Å²) < 4.78 is 97.5. The van der Waals surface area contributed by atoms with Gasteiger partial charge >= 0.3 is 46.2 Å². The maximum absolute atomic E-state index is 13.0. The van der Waals surface area contributed by atoms with E-state index in [9.17, 15) is 9.59 Å². The van der Waals surface area contributed by atoms with Crippen molar-refractivity contribution in [2.45, 2.75) is 439 Å². The standard InChI is InChI=1S/C110H186O16Si8/c1-21-25-29-33-35-43-49-55-71-107(133(19,123-129(11,12)13)125-131(17,121-127(5,6)7)93-65-53-47-41-37-39-45-51-63-91-113-97-77-73-95(74-78-97)109(111)117-101-85-81-99(82-86-101)115-89-61-31-27-23-3)119-105-69-59-57-67-103(105)104-68-58-60-70-106(104)120-108(72-56-50-44-36-34-30-26-22-2)134(20,124-130(14,15)16)126-132(18,122-128(8,9)10)94-66-54-48-42-38-40-46-52-64-92-114-98-79-75-96(76-80-98)110(112)118-102-87-83-100(84-88-102)116-90-62-32-28-24-4/h57-60,67-70,73-88,107-108H,21-56,61-66,71-72,89-94H2,1-20H3. The van der Waals surface area contributed by atoms with Crippen molar-refractivity contribution in [1.29, 1.82) is 0 Å². The van der Waals surface area contributed by atoms with Crippen LogP contribution in [0.1, 0.15) is 331 Å². The van der Waals surface area contributed by atoms with Crippen LogP contribution >= 0.6 is 0 Å². The highest BCUT2D eigenvalue weighted by molar-refractivity contribution is 6.91. The van der Waals surface area contributed by atoms with Crippen molar-refractivity contribution in [3.05, 3.63) is 157 Å². The summed E-state index contributed by atoms with van der Waals surface area (Å²) in [6.07, 6.45) is 50.9. The molecule has 754 valence electrons. The lowest BCUT2D eigenvalue weighted by Gasteiger charge is -2.46. The molecule has 0 bridgehead atoms. The van der Waals surface area contributed by atoms with Crippen LogP contribution in [-0.4, -0.2) is 117 Å². The lowest BCUT2D eigenvalue weighted by molar-refractivity contribution is 0.0725. The summed E-state index contributed by atoms with van der Waals surface area (Å²) in [7, 11) is -21.2. The van der Waals surface area contributed by atoms with Gasteiger partial charge in [-0.05, 0) is 277 Å². The average Bonchev–Trinajstić information content (AvgIpc) is 0.775. The molecule has 0 amide bonds. The van der Waals surface area contributed by atoms with Crippen LogP contribution in [0.3, 0.4) is 0 Å². The van der Waals surface area contributed by atoms with E-state index in [1.165, 1.54) is 180 Å². The predicted molar refractivity (Wildman–Crippen MR) is 580 cm³/mol. The number of benzene rings is 6. The number of para-hydroxylation sites is 2. The molecule has 0 fully saturated rings. The van der Waals surface area contributed by atoms with Crippen LogP contribution in [0.5, 0.6) is 46.0 Å². The molecule has 6 aromatic carbocycles. The Balaban J connectivity index is 1.10. The summed E-state index contributed by atoms with van der Waals surface area (Å²) in [4.78, 5) is 26.0. The number of carbonyl (C=O) groups excluding carboxylic acids is 2. The Kier molecular flexibility index (Phi) is 56.1. The van der Waals surface area contributed by atoms with Crippen LogP contribution in [0.4, 0.5) is 0 Å². The fraction of sp³-hybridized carbons (Fsp3) is 0.655. The van der Waals surface area contributed by atoms with Crippen LogP contribution in [0.25, 0.3) is 11.1 Å². The maximum atomic E-state index is 13.0. The van der Waals surface area contributed by atoms with Gasteiger partial charge in [0.2, 0.25) is 0 Å². The van der Waals surface area contributed by atoms with Gasteiger partial charge in [-0.3, -0.25) is 0 Å². The molecular formula is C110H186O16Si8. The Morgan fingerprint density at radius 2 is 0.463 bits per heavy atom. The molecule has 6 aromatic rings. The van der Waals surface area contributed by atoms with Crippen LogP contribution in [-0.2, 0) is 24.7 Å². The summed E-state index contributed by atoms with van der Waals surface area (Å²) in [6.45, 7) is 48.9. The Bertz CT molecular complexity index is 3820. The third-order valence-corrected chi connectivity index (χ3v) is 53.0. The summed E-state index contributed by atoms with van der Waals surface area (Å²) in [6, 6.07) is 48.2. The number of carbonyl (C=O) groups is 2. The zero-order chi connectivity index (χ0) is 97.5. The molecule has 6 rings (SSSR count). The van der Waals surface area contributed by atoms with Crippen molar-refractivity contribution in [2.24, 2.45) is 0 Å². The van der Waals surface area contributed by atoms with Gasteiger partial charge < -0.3 is 62.6 Å². The maximum Gasteiger partial charge on any atom is 0.358 e. The highest BCUT2D eigenvalue weighted by atomic mass is 28.5. The van der Waals surface area contributed by atoms with E-state index < -0.39 is 79.5 Å². The van der Waals surface area contributed by atoms with E-state index in [0.29, 0.717) is 49.1 Å². The van der Waals surface area contributed by atoms with E-state index in [4.69, 9.17) is 62.6 Å². The Morgan fingerprint density at radius 3 is 0.731 bits per heavy atom. The fourth-order valence-electron chi connectivity index (χ4n) is 17.9. The normalized spacial score (nSPS) is 14.4. The molecule has 0 radical (unpaired) electrons. The largest absolute Gasteiger partial charge is 0.494 e. The molecule has 0 aliphatic heterocycles. The summed E-state index contributed by atoms with van der Waals surface area (Å²) in [5.41, 5.74) is 2.31. The van der Waals surface area contributed by atoms with Gasteiger partial charge in [-0.15, -0.1) is 0 Å². The minimum atomic E-state index is -3.30. The number of ether oxygens (including phenoxy) is 8. The van der Waals surface area contributed by atoms with E-state index in [1.807, 2.05) is 48.5 Å². The molecule has 24 heteroatoms. The van der Waals surface area contributed by atoms with Crippen molar-refractivity contribution in [3.8, 4) is 57.1 Å². The molecule has 0 heterocycles. The minimum Gasteiger partial charge on any atom is -0.494 e. The monoisotopic (exact) mass is 1990 g/mol. The van der Waals surface area contributed by atoms with E-state index in [1.54, 1.807) is 48.5 Å². The smallest absolute Gasteiger partial charge is 0.358 e. The fourth-order valence-corrected chi connectivity index (χ4v) is 54.7. The summed E-state index contributed by atoms with van der Waals surface area (Å²) in [5.74, 6) is 4.88. The van der Waals surface area contributed by atoms with Gasteiger partial charge in [-0.25, -0.2) is 9.59 Å². The molecule has 0 aromatic heterocycles. The van der Waals surface area contributed by atoms with Crippen molar-refractivity contribution in [3.63, 3.8) is 0 Å². The molecular weight excluding hydrogens is 1800 g/mol. The first-order valence-corrected chi connectivity index (χ1v) is 76.6. The molecule has 0 aliphatic rings. The number of rotatable bonds is 79. The Morgan fingerprint density at radius 1 is 0.239 bits per heavy atom. The van der Waals surface area contributed by atoms with Crippen LogP contribution in [0, 0.1) is 0 Å². The van der Waals surface area contributed by atoms with Gasteiger partial charge in [0.15, 0.2) is 33.3 Å². The van der Waals surface area contributed by atoms with Gasteiger partial charge in [0, 0.05) is 11.1 Å². The first kappa shape index (κ1) is 117. The molecule has 0 saturated heterocycles. The first-order chi connectivity index (χ1) is 64.1. The lowest BCUT2D eigenvalue weighted by Crippen LogP contribution is -2.64. The van der Waals surface area contributed by atoms with Crippen molar-refractivity contribution < 1.29 is 72.2 Å². The van der Waals surface area contributed by atoms with Gasteiger partial charge in [-0.2, -0.15) is 0 Å². The lowest BCUT2D eigenvalue weighted by atomic mass is 10.0. The van der Waals surface area contributed by atoms with E-state index in [0.717, 1.165) is 160 Å². The molecule has 6 atom stereocenters. The first-order valence-electron chi connectivity index (χ1n) is 53.1. The van der Waals surface area contributed by atoms with Gasteiger partial charge in [0.1, 0.15) is 57.5 Å². The second-order valence-electron chi connectivity index (χ2n) is 42.2. The zero-order valence-corrected chi connectivity index (χ0v) is 95.9. The Labute approximate surface area is 824 Å². The minimum absolute atomic E-state index is 0.320. The van der Waals surface area contributed by atoms with Gasteiger partial charge in [0.25, 0.3) is 0 Å². The topological polar surface area (TPSA) is 163 Å². The number of esters is 2. The highest BCUT2D eigenvalue weighted by Crippen LogP contribution is 2.43. The van der Waals surface area contributed by atoms with Gasteiger partial charge in [-0.1, -0.05) is 295 Å². The predicted octanol–water partition coefficient (Wildman–Crippen LogP) is 34.3. The van der Waals surface area contributed by atoms with Crippen LogP contribution < -0.4 is 37.9 Å². The second-order valence-corrected chi connectivity index (χ2v) is 74.9. The third kappa shape index (κ3) is 50.6. The SMILES string of the molecule is CCCCCCCCCCC(Oc1ccccc1-c1ccccc1OC(CCCCCCCCCC)[Si](C)(O[Si](C)(C)C)O[Si](C)(CCCCCCCCCCCOc1ccc(C(=O)Oc2ccc(OCCCCCC)cc2)cc1)O[Si](C)(C)C)[Si](C)(O[Si](C)(C)C)O[Si](C)(CCCCCCCCCCCOc1ccc(C(=O)Oc2ccc(OCCCCCC)cc2)cc1)O[Si](C)(C)C. The van der Waals surface area contributed by atoms with Crippen molar-refractivity contribution in [1.82, 2.24) is 0 Å². The second kappa shape index (κ2) is 64.1. The number of unbranched alkanes of at least 4 members (excludes halogenated alkanes) is 36. The molecule has 0 aliphatic carbocycles. The quantitative estimate of drug-likeness (QED) is 0.0153. The zero-order valence-electron chi connectivity index (χ0n) is 87.9. The Hall–Kier alpha value is -5.44. The molecule has 0 N–H and O–H groups in total. The van der Waals surface area contributed by atoms with Crippen LogP contribution in [0.2, 0.25) is 117 Å². The molecule has 0 saturated carbocycles. The van der Waals surface area contributed by atoms with E-state index >= 15 is 0 Å². The van der Waals surface area contributed by atoms with Crippen LogP contribution in [0.15, 0.2) is 146 Å². The molecule has 134 heavy (non-hydrogen) atoms. The van der Waals surface area contributed by atoms with Crippen molar-refractivity contribution in [2.75, 3.05) is 26.4 Å². The molecule has 16 nitrogen and oxygen atoms in total. The van der Waals surface area contributed by atoms with Crippen molar-refractivity contribution >= 4 is 79.5 Å². The third-order valence-electron chi connectivity index (χ3n) is 24.2. The molecule has 0 spiro atoms. The van der Waals surface area contributed by atoms with Gasteiger partial charge in [0.05, 0.1) is 37.6 Å². The molecule has 6 unspecified atom stereocenters. The average molecular weight is 1990 g/mol. The number of hydrogen-bond acceptors (Lipinski definition) is 16. The van der Waals surface area contributed by atoms with E-state index in [-0.39, 0.29) is 11.5 Å². The summed E-state index contributed by atoms with van der Waals surface area (Å²) >= 11 is 0. The summed E-state index contributed by atoms with van der Waals surface area (Å²) in [5, 5.41) is 0. The highest BCUT2D eigenvalue weighted by Gasteiger charge is 2.55. The van der Waals surface area contributed by atoms with E-state index in [2.05, 4.69) is 181 Å². The number of hydrogen-bond donors (Lipinski definition) is 0.